The minimum atomic E-state index is 0.501. The Morgan fingerprint density at radius 2 is 2.24 bits per heavy atom. The molecule has 0 amide bonds. The van der Waals surface area contributed by atoms with Gasteiger partial charge in [-0.2, -0.15) is 5.10 Å². The van der Waals surface area contributed by atoms with Gasteiger partial charge in [-0.05, 0) is 31.0 Å². The topological polar surface area (TPSA) is 30.7 Å². The van der Waals surface area contributed by atoms with E-state index in [2.05, 4.69) is 23.9 Å². The molecule has 90 valence electrons. The number of aromatic nitrogens is 3. The Morgan fingerprint density at radius 1 is 1.41 bits per heavy atom. The summed E-state index contributed by atoms with van der Waals surface area (Å²) in [5.74, 6) is 1.37. The van der Waals surface area contributed by atoms with Gasteiger partial charge in [0.2, 0.25) is 0 Å². The molecular weight excluding hydrogens is 234 g/mol. The summed E-state index contributed by atoms with van der Waals surface area (Å²) in [6.45, 7) is 4.20. The Hall–Kier alpha value is -1.35. The first-order chi connectivity index (χ1) is 8.26. The number of hydrogen-bond donors (Lipinski definition) is 0. The Balaban J connectivity index is 2.47. The van der Waals surface area contributed by atoms with Gasteiger partial charge < -0.3 is 0 Å². The predicted octanol–water partition coefficient (Wildman–Crippen LogP) is 3.27. The van der Waals surface area contributed by atoms with Crippen molar-refractivity contribution in [3.8, 4) is 5.82 Å². The van der Waals surface area contributed by atoms with Gasteiger partial charge in [-0.15, -0.1) is 11.6 Å². The zero-order chi connectivity index (χ0) is 12.3. The number of nitrogens with zero attached hydrogens (tertiary/aromatic N) is 3. The van der Waals surface area contributed by atoms with Crippen LogP contribution in [0.5, 0.6) is 0 Å². The highest BCUT2D eigenvalue weighted by atomic mass is 35.5. The Kier molecular flexibility index (Phi) is 3.79. The second kappa shape index (κ2) is 5.32. The fraction of sp³-hybridized carbons (Fsp3) is 0.385. The lowest BCUT2D eigenvalue weighted by atomic mass is 10.2. The van der Waals surface area contributed by atoms with Crippen molar-refractivity contribution in [2.24, 2.45) is 0 Å². The lowest BCUT2D eigenvalue weighted by Gasteiger charge is -2.07. The summed E-state index contributed by atoms with van der Waals surface area (Å²) in [5.41, 5.74) is 3.44. The van der Waals surface area contributed by atoms with Gasteiger partial charge in [-0.3, -0.25) is 0 Å². The van der Waals surface area contributed by atoms with E-state index in [-0.39, 0.29) is 0 Å². The molecule has 2 aromatic heterocycles. The highest BCUT2D eigenvalue weighted by molar-refractivity contribution is 6.17. The first-order valence-electron chi connectivity index (χ1n) is 5.81. The molecule has 0 aliphatic rings. The Labute approximate surface area is 106 Å². The standard InChI is InChI=1S/C13H16ClN3/c1-3-4-12-11(8-14)9-16-17(12)13-7-10(2)5-6-15-13/h5-7,9H,3-4,8H2,1-2H3. The van der Waals surface area contributed by atoms with Gasteiger partial charge in [0, 0.05) is 11.8 Å². The van der Waals surface area contributed by atoms with Gasteiger partial charge in [0.25, 0.3) is 0 Å². The lowest BCUT2D eigenvalue weighted by molar-refractivity contribution is 0.753. The minimum absolute atomic E-state index is 0.501. The molecule has 4 heteroatoms. The van der Waals surface area contributed by atoms with E-state index in [1.54, 1.807) is 0 Å². The van der Waals surface area contributed by atoms with Crippen molar-refractivity contribution < 1.29 is 0 Å². The number of alkyl halides is 1. The van der Waals surface area contributed by atoms with Crippen LogP contribution >= 0.6 is 11.6 Å². The molecule has 0 aromatic carbocycles. The quantitative estimate of drug-likeness (QED) is 0.779. The van der Waals surface area contributed by atoms with Crippen LogP contribution in [0, 0.1) is 6.92 Å². The summed E-state index contributed by atoms with van der Waals surface area (Å²) < 4.78 is 1.90. The van der Waals surface area contributed by atoms with Crippen LogP contribution in [0.1, 0.15) is 30.2 Å². The fourth-order valence-corrected chi connectivity index (χ4v) is 2.08. The summed E-state index contributed by atoms with van der Waals surface area (Å²) in [7, 11) is 0. The first kappa shape index (κ1) is 12.1. The molecule has 3 nitrogen and oxygen atoms in total. The van der Waals surface area contributed by atoms with Gasteiger partial charge in [-0.1, -0.05) is 13.3 Å². The third kappa shape index (κ3) is 2.50. The summed E-state index contributed by atoms with van der Waals surface area (Å²) in [4.78, 5) is 4.36. The van der Waals surface area contributed by atoms with Gasteiger partial charge in [0.05, 0.1) is 17.8 Å². The summed E-state index contributed by atoms with van der Waals surface area (Å²) in [6, 6.07) is 4.01. The molecule has 17 heavy (non-hydrogen) atoms. The maximum absolute atomic E-state index is 5.93. The zero-order valence-electron chi connectivity index (χ0n) is 10.2. The Morgan fingerprint density at radius 3 is 2.88 bits per heavy atom. The molecule has 0 saturated carbocycles. The van der Waals surface area contributed by atoms with Crippen molar-refractivity contribution in [2.45, 2.75) is 32.6 Å². The SMILES string of the molecule is CCCc1c(CCl)cnn1-c1cc(C)ccn1. The monoisotopic (exact) mass is 249 g/mol. The fourth-order valence-electron chi connectivity index (χ4n) is 1.86. The summed E-state index contributed by atoms with van der Waals surface area (Å²) >= 11 is 5.93. The van der Waals surface area contributed by atoms with Crippen molar-refractivity contribution in [2.75, 3.05) is 0 Å². The van der Waals surface area contributed by atoms with E-state index in [1.807, 2.05) is 29.2 Å². The number of halogens is 1. The van der Waals surface area contributed by atoms with Crippen LogP contribution in [0.4, 0.5) is 0 Å². The number of aryl methyl sites for hydroxylation is 1. The molecule has 0 aliphatic heterocycles. The molecule has 0 atom stereocenters. The average molecular weight is 250 g/mol. The summed E-state index contributed by atoms with van der Waals surface area (Å²) in [5, 5.41) is 4.39. The van der Waals surface area contributed by atoms with Crippen LogP contribution in [0.15, 0.2) is 24.5 Å². The van der Waals surface area contributed by atoms with Crippen molar-refractivity contribution in [1.29, 1.82) is 0 Å². The molecule has 0 spiro atoms. The highest BCUT2D eigenvalue weighted by Crippen LogP contribution is 2.17. The zero-order valence-corrected chi connectivity index (χ0v) is 10.9. The molecule has 0 saturated heterocycles. The van der Waals surface area contributed by atoms with E-state index < -0.39 is 0 Å². The van der Waals surface area contributed by atoms with Crippen molar-refractivity contribution in [1.82, 2.24) is 14.8 Å². The molecule has 0 unspecified atom stereocenters. The van der Waals surface area contributed by atoms with E-state index >= 15 is 0 Å². The summed E-state index contributed by atoms with van der Waals surface area (Å²) in [6.07, 6.45) is 5.68. The largest absolute Gasteiger partial charge is 0.237 e. The number of pyridine rings is 1. The molecule has 0 radical (unpaired) electrons. The van der Waals surface area contributed by atoms with Gasteiger partial charge in [0.15, 0.2) is 5.82 Å². The van der Waals surface area contributed by atoms with E-state index in [9.17, 15) is 0 Å². The van der Waals surface area contributed by atoms with E-state index in [4.69, 9.17) is 11.6 Å². The third-order valence-corrected chi connectivity index (χ3v) is 2.99. The van der Waals surface area contributed by atoms with Crippen LogP contribution < -0.4 is 0 Å². The molecule has 2 heterocycles. The third-order valence-electron chi connectivity index (χ3n) is 2.70. The van der Waals surface area contributed by atoms with Crippen molar-refractivity contribution in [3.63, 3.8) is 0 Å². The van der Waals surface area contributed by atoms with Crippen LogP contribution in [0.2, 0.25) is 0 Å². The van der Waals surface area contributed by atoms with Crippen LogP contribution in [0.3, 0.4) is 0 Å². The number of rotatable bonds is 4. The molecular formula is C13H16ClN3. The molecule has 0 aliphatic carbocycles. The van der Waals surface area contributed by atoms with E-state index in [0.29, 0.717) is 5.88 Å². The van der Waals surface area contributed by atoms with Crippen molar-refractivity contribution in [3.05, 3.63) is 41.3 Å². The minimum Gasteiger partial charge on any atom is -0.237 e. The van der Waals surface area contributed by atoms with Gasteiger partial charge >= 0.3 is 0 Å². The number of hydrogen-bond acceptors (Lipinski definition) is 2. The maximum atomic E-state index is 5.93. The van der Waals surface area contributed by atoms with Crippen LogP contribution in [-0.4, -0.2) is 14.8 Å². The molecule has 0 bridgehead atoms. The van der Waals surface area contributed by atoms with Gasteiger partial charge in [-0.25, -0.2) is 9.67 Å². The lowest BCUT2D eigenvalue weighted by Crippen LogP contribution is -2.05. The van der Waals surface area contributed by atoms with Crippen molar-refractivity contribution >= 4 is 11.6 Å². The van der Waals surface area contributed by atoms with Crippen LogP contribution in [-0.2, 0) is 12.3 Å². The molecule has 0 fully saturated rings. The Bertz CT molecular complexity index is 505. The second-order valence-corrected chi connectivity index (χ2v) is 4.37. The van der Waals surface area contributed by atoms with Crippen LogP contribution in [0.25, 0.3) is 5.82 Å². The maximum Gasteiger partial charge on any atom is 0.153 e. The van der Waals surface area contributed by atoms with E-state index in [1.165, 1.54) is 11.3 Å². The highest BCUT2D eigenvalue weighted by Gasteiger charge is 2.11. The predicted molar refractivity (Wildman–Crippen MR) is 69.6 cm³/mol. The second-order valence-electron chi connectivity index (χ2n) is 4.10. The van der Waals surface area contributed by atoms with E-state index in [0.717, 1.165) is 24.2 Å². The van der Waals surface area contributed by atoms with Gasteiger partial charge in [0.1, 0.15) is 0 Å². The molecule has 2 rings (SSSR count). The smallest absolute Gasteiger partial charge is 0.153 e. The molecule has 2 aromatic rings. The normalized spacial score (nSPS) is 10.8. The molecule has 0 N–H and O–H groups in total. The first-order valence-corrected chi connectivity index (χ1v) is 6.34. The average Bonchev–Trinajstić information content (AvgIpc) is 2.72.